The maximum atomic E-state index is 13.0. The van der Waals surface area contributed by atoms with Crippen molar-refractivity contribution < 1.29 is 23.1 Å². The molecule has 0 bridgehead atoms. The third-order valence-corrected chi connectivity index (χ3v) is 1.92. The van der Waals surface area contributed by atoms with E-state index >= 15 is 0 Å². The number of carboxylic acids is 1. The minimum atomic E-state index is -3.14. The van der Waals surface area contributed by atoms with E-state index in [-0.39, 0.29) is 11.1 Å². The molecule has 15 heavy (non-hydrogen) atoms. The Morgan fingerprint density at radius 2 is 1.87 bits per heavy atom. The smallest absolute Gasteiger partial charge is 0.307 e. The summed E-state index contributed by atoms with van der Waals surface area (Å²) in [5, 5.41) is 8.50. The molecule has 0 saturated heterocycles. The average Bonchev–Trinajstić information content (AvgIpc) is 2.16. The lowest BCUT2D eigenvalue weighted by Gasteiger charge is -2.11. The lowest BCUT2D eigenvalue weighted by atomic mass is 10.0. The molecule has 0 aliphatic rings. The topological polar surface area (TPSA) is 37.3 Å². The van der Waals surface area contributed by atoms with E-state index in [0.29, 0.717) is 0 Å². The first-order valence-corrected chi connectivity index (χ1v) is 4.24. The van der Waals surface area contributed by atoms with Crippen LogP contribution in [0.15, 0.2) is 24.3 Å². The second-order valence-corrected chi connectivity index (χ2v) is 3.01. The second kappa shape index (κ2) is 4.82. The van der Waals surface area contributed by atoms with Crippen LogP contribution < -0.4 is 0 Å². The van der Waals surface area contributed by atoms with Gasteiger partial charge in [-0.15, -0.1) is 0 Å². The molecule has 0 fully saturated rings. The van der Waals surface area contributed by atoms with E-state index in [9.17, 15) is 18.0 Å². The minimum Gasteiger partial charge on any atom is -0.481 e. The largest absolute Gasteiger partial charge is 0.481 e. The number of rotatable bonds is 4. The van der Waals surface area contributed by atoms with Crippen molar-refractivity contribution in [3.8, 4) is 0 Å². The van der Waals surface area contributed by atoms with Crippen LogP contribution in [0.4, 0.5) is 13.2 Å². The summed E-state index contributed by atoms with van der Waals surface area (Å²) < 4.78 is 37.2. The molecule has 0 aliphatic heterocycles. The first-order valence-electron chi connectivity index (χ1n) is 4.24. The SMILES string of the molecule is O=C(O)Cc1ccccc1C(F)C(F)F. The van der Waals surface area contributed by atoms with Gasteiger partial charge in [0.15, 0.2) is 6.17 Å². The van der Waals surface area contributed by atoms with Gasteiger partial charge in [-0.1, -0.05) is 24.3 Å². The highest BCUT2D eigenvalue weighted by Crippen LogP contribution is 2.27. The van der Waals surface area contributed by atoms with Crippen molar-refractivity contribution in [2.75, 3.05) is 0 Å². The van der Waals surface area contributed by atoms with Gasteiger partial charge in [0.25, 0.3) is 6.43 Å². The fourth-order valence-corrected chi connectivity index (χ4v) is 1.26. The van der Waals surface area contributed by atoms with Crippen LogP contribution in [-0.4, -0.2) is 17.5 Å². The van der Waals surface area contributed by atoms with Gasteiger partial charge in [0.05, 0.1) is 6.42 Å². The van der Waals surface area contributed by atoms with Gasteiger partial charge in [0.2, 0.25) is 0 Å². The Morgan fingerprint density at radius 1 is 1.27 bits per heavy atom. The normalized spacial score (nSPS) is 12.8. The molecule has 0 heterocycles. The van der Waals surface area contributed by atoms with Crippen molar-refractivity contribution in [2.24, 2.45) is 0 Å². The van der Waals surface area contributed by atoms with E-state index in [1.54, 1.807) is 0 Å². The average molecular weight is 218 g/mol. The van der Waals surface area contributed by atoms with Crippen LogP contribution in [0.25, 0.3) is 0 Å². The zero-order chi connectivity index (χ0) is 11.4. The molecule has 1 aromatic carbocycles. The van der Waals surface area contributed by atoms with Crippen molar-refractivity contribution in [2.45, 2.75) is 19.0 Å². The van der Waals surface area contributed by atoms with Crippen molar-refractivity contribution in [1.29, 1.82) is 0 Å². The van der Waals surface area contributed by atoms with Crippen molar-refractivity contribution in [3.05, 3.63) is 35.4 Å². The molecule has 0 radical (unpaired) electrons. The van der Waals surface area contributed by atoms with Crippen LogP contribution in [-0.2, 0) is 11.2 Å². The van der Waals surface area contributed by atoms with Gasteiger partial charge in [-0.3, -0.25) is 4.79 Å². The van der Waals surface area contributed by atoms with Crippen LogP contribution in [0.5, 0.6) is 0 Å². The van der Waals surface area contributed by atoms with Gasteiger partial charge in [0, 0.05) is 0 Å². The predicted molar refractivity (Wildman–Crippen MR) is 47.6 cm³/mol. The maximum Gasteiger partial charge on any atom is 0.307 e. The summed E-state index contributed by atoms with van der Waals surface area (Å²) in [6.45, 7) is 0. The van der Waals surface area contributed by atoms with Crippen molar-refractivity contribution >= 4 is 5.97 Å². The summed E-state index contributed by atoms with van der Waals surface area (Å²) in [5.41, 5.74) is -0.173. The third-order valence-electron chi connectivity index (χ3n) is 1.92. The summed E-state index contributed by atoms with van der Waals surface area (Å²) in [6, 6.07) is 5.39. The van der Waals surface area contributed by atoms with Crippen molar-refractivity contribution in [3.63, 3.8) is 0 Å². The Bertz CT molecular complexity index is 352. The number of benzene rings is 1. The van der Waals surface area contributed by atoms with Gasteiger partial charge >= 0.3 is 5.97 Å². The molecule has 0 spiro atoms. The number of hydrogen-bond donors (Lipinski definition) is 1. The lowest BCUT2D eigenvalue weighted by molar-refractivity contribution is -0.136. The molecular weight excluding hydrogens is 209 g/mol. The number of alkyl halides is 3. The van der Waals surface area contributed by atoms with E-state index in [0.717, 1.165) is 0 Å². The van der Waals surface area contributed by atoms with Gasteiger partial charge in [-0.25, -0.2) is 13.2 Å². The Hall–Kier alpha value is -1.52. The van der Waals surface area contributed by atoms with E-state index in [1.807, 2.05) is 0 Å². The monoisotopic (exact) mass is 218 g/mol. The fourth-order valence-electron chi connectivity index (χ4n) is 1.26. The fraction of sp³-hybridized carbons (Fsp3) is 0.300. The van der Waals surface area contributed by atoms with Crippen LogP contribution in [0.3, 0.4) is 0 Å². The molecule has 1 rings (SSSR count). The Labute approximate surface area is 84.3 Å². The predicted octanol–water partition coefficient (Wildman–Crippen LogP) is 2.59. The molecule has 5 heteroatoms. The van der Waals surface area contributed by atoms with E-state index in [1.165, 1.54) is 24.3 Å². The zero-order valence-corrected chi connectivity index (χ0v) is 7.66. The minimum absolute atomic E-state index is 0.0813. The van der Waals surface area contributed by atoms with Crippen LogP contribution >= 0.6 is 0 Å². The number of aliphatic carboxylic acids is 1. The Morgan fingerprint density at radius 3 is 2.40 bits per heavy atom. The van der Waals surface area contributed by atoms with E-state index in [2.05, 4.69) is 0 Å². The molecule has 0 aromatic heterocycles. The molecule has 1 aromatic rings. The van der Waals surface area contributed by atoms with E-state index < -0.39 is 25.0 Å². The van der Waals surface area contributed by atoms with E-state index in [4.69, 9.17) is 5.11 Å². The first-order chi connectivity index (χ1) is 7.02. The zero-order valence-electron chi connectivity index (χ0n) is 7.66. The number of carboxylic acid groups (broad SMARTS) is 1. The lowest BCUT2D eigenvalue weighted by Crippen LogP contribution is -2.09. The molecule has 1 unspecified atom stereocenters. The number of carbonyl (C=O) groups is 1. The summed E-state index contributed by atoms with van der Waals surface area (Å²) in [4.78, 5) is 10.4. The number of halogens is 3. The standard InChI is InChI=1S/C10H9F3O2/c11-9(10(12)13)7-4-2-1-3-6(7)5-8(14)15/h1-4,9-10H,5H2,(H,14,15). The second-order valence-electron chi connectivity index (χ2n) is 3.01. The van der Waals surface area contributed by atoms with Crippen LogP contribution in [0.1, 0.15) is 17.3 Å². The Kier molecular flexibility index (Phi) is 3.71. The molecule has 0 saturated carbocycles. The van der Waals surface area contributed by atoms with Gasteiger partial charge in [-0.05, 0) is 11.1 Å². The summed E-state index contributed by atoms with van der Waals surface area (Å²) >= 11 is 0. The highest BCUT2D eigenvalue weighted by molar-refractivity contribution is 5.70. The highest BCUT2D eigenvalue weighted by atomic mass is 19.3. The van der Waals surface area contributed by atoms with Gasteiger partial charge < -0.3 is 5.11 Å². The molecular formula is C10H9F3O2. The third kappa shape index (κ3) is 2.97. The molecule has 2 nitrogen and oxygen atoms in total. The molecule has 82 valence electrons. The van der Waals surface area contributed by atoms with Gasteiger partial charge in [-0.2, -0.15) is 0 Å². The molecule has 0 aliphatic carbocycles. The van der Waals surface area contributed by atoms with Gasteiger partial charge in [0.1, 0.15) is 0 Å². The first kappa shape index (κ1) is 11.6. The Balaban J connectivity index is 3.00. The molecule has 1 N–H and O–H groups in total. The van der Waals surface area contributed by atoms with Crippen LogP contribution in [0, 0.1) is 0 Å². The molecule has 1 atom stereocenters. The summed E-state index contributed by atoms with van der Waals surface area (Å²) in [7, 11) is 0. The molecule has 0 amide bonds. The quantitative estimate of drug-likeness (QED) is 0.843. The number of hydrogen-bond acceptors (Lipinski definition) is 1. The van der Waals surface area contributed by atoms with Crippen LogP contribution in [0.2, 0.25) is 0 Å². The maximum absolute atomic E-state index is 13.0. The summed E-state index contributed by atoms with van der Waals surface area (Å²) in [6.07, 6.45) is -6.02. The van der Waals surface area contributed by atoms with Crippen molar-refractivity contribution in [1.82, 2.24) is 0 Å². The summed E-state index contributed by atoms with van der Waals surface area (Å²) in [5.74, 6) is -1.18. The highest BCUT2D eigenvalue weighted by Gasteiger charge is 2.24.